The van der Waals surface area contributed by atoms with Gasteiger partial charge in [-0.15, -0.1) is 10.2 Å². The lowest BCUT2D eigenvalue weighted by molar-refractivity contribution is 0.102. The average molecular weight is 375 g/mol. The van der Waals surface area contributed by atoms with Gasteiger partial charge < -0.3 is 0 Å². The van der Waals surface area contributed by atoms with Gasteiger partial charge in [0.25, 0.3) is 0 Å². The normalized spacial score (nSPS) is 11.4. The first-order valence-corrected chi connectivity index (χ1v) is 9.91. The second kappa shape index (κ2) is 6.82. The number of ketones is 1. The van der Waals surface area contributed by atoms with E-state index in [1.165, 1.54) is 33.8 Å². The number of benzene rings is 2. The predicted octanol–water partition coefficient (Wildman–Crippen LogP) is 5.09. The molecule has 4 rings (SSSR count). The fourth-order valence-corrected chi connectivity index (χ4v) is 4.30. The van der Waals surface area contributed by atoms with Gasteiger partial charge in [0.15, 0.2) is 16.6 Å². The summed E-state index contributed by atoms with van der Waals surface area (Å²) in [5, 5.41) is 10.6. The molecule has 0 saturated heterocycles. The standard InChI is InChI=1S/C22H21N3OS/c1-13-5-7-17(8-6-13)19(26)12-27-22-24-23-20-11-15(3)18-10-14(2)9-16(4)21(18)25(20)22/h5-11H,12H2,1-4H3. The molecule has 0 unspecified atom stereocenters. The summed E-state index contributed by atoms with van der Waals surface area (Å²) in [5.74, 6) is 0.435. The van der Waals surface area contributed by atoms with E-state index in [1.54, 1.807) is 0 Å². The zero-order valence-corrected chi connectivity index (χ0v) is 16.7. The molecule has 0 radical (unpaired) electrons. The van der Waals surface area contributed by atoms with Gasteiger partial charge in [-0.05, 0) is 51.0 Å². The molecular weight excluding hydrogens is 354 g/mol. The van der Waals surface area contributed by atoms with E-state index in [2.05, 4.69) is 53.6 Å². The largest absolute Gasteiger partial charge is 0.293 e. The summed E-state index contributed by atoms with van der Waals surface area (Å²) >= 11 is 1.44. The molecule has 2 aromatic heterocycles. The monoisotopic (exact) mass is 375 g/mol. The van der Waals surface area contributed by atoms with Crippen LogP contribution in [0.15, 0.2) is 47.6 Å². The molecule has 4 nitrogen and oxygen atoms in total. The molecule has 0 amide bonds. The van der Waals surface area contributed by atoms with Crippen molar-refractivity contribution >= 4 is 34.1 Å². The fourth-order valence-electron chi connectivity index (χ4n) is 3.46. The number of aryl methyl sites for hydroxylation is 4. The summed E-state index contributed by atoms with van der Waals surface area (Å²) in [4.78, 5) is 12.5. The smallest absolute Gasteiger partial charge is 0.196 e. The lowest BCUT2D eigenvalue weighted by Gasteiger charge is -2.11. The molecule has 0 atom stereocenters. The molecule has 0 N–H and O–H groups in total. The summed E-state index contributed by atoms with van der Waals surface area (Å²) in [6.07, 6.45) is 0. The molecule has 0 saturated carbocycles. The van der Waals surface area contributed by atoms with Crippen LogP contribution in [0.1, 0.15) is 32.6 Å². The van der Waals surface area contributed by atoms with Crippen LogP contribution in [0.2, 0.25) is 0 Å². The molecule has 0 bridgehead atoms. The van der Waals surface area contributed by atoms with Gasteiger partial charge >= 0.3 is 0 Å². The van der Waals surface area contributed by atoms with Gasteiger partial charge in [0.2, 0.25) is 0 Å². The molecule has 136 valence electrons. The van der Waals surface area contributed by atoms with Crippen LogP contribution in [0, 0.1) is 27.7 Å². The van der Waals surface area contributed by atoms with Gasteiger partial charge in [-0.25, -0.2) is 0 Å². The van der Waals surface area contributed by atoms with Crippen LogP contribution < -0.4 is 0 Å². The second-order valence-electron chi connectivity index (χ2n) is 7.06. The van der Waals surface area contributed by atoms with Crippen molar-refractivity contribution in [2.75, 3.05) is 5.75 Å². The maximum Gasteiger partial charge on any atom is 0.196 e. The molecule has 2 aromatic carbocycles. The number of carbonyl (C=O) groups excluding carboxylic acids is 1. The molecule has 0 fully saturated rings. The highest BCUT2D eigenvalue weighted by molar-refractivity contribution is 7.99. The number of nitrogens with zero attached hydrogens (tertiary/aromatic N) is 3. The number of aromatic nitrogens is 3. The number of rotatable bonds is 4. The van der Waals surface area contributed by atoms with Crippen molar-refractivity contribution in [2.45, 2.75) is 32.9 Å². The van der Waals surface area contributed by atoms with Crippen molar-refractivity contribution in [3.05, 3.63) is 70.3 Å². The number of pyridine rings is 1. The number of hydrogen-bond acceptors (Lipinski definition) is 4. The average Bonchev–Trinajstić information content (AvgIpc) is 3.02. The van der Waals surface area contributed by atoms with Crippen LogP contribution in [-0.4, -0.2) is 26.1 Å². The molecule has 0 aliphatic carbocycles. The summed E-state index contributed by atoms with van der Waals surface area (Å²) < 4.78 is 2.07. The Morgan fingerprint density at radius 1 is 0.926 bits per heavy atom. The van der Waals surface area contributed by atoms with Gasteiger partial charge in [0.05, 0.1) is 11.3 Å². The third kappa shape index (κ3) is 3.23. The highest BCUT2D eigenvalue weighted by Crippen LogP contribution is 2.29. The quantitative estimate of drug-likeness (QED) is 0.368. The summed E-state index contributed by atoms with van der Waals surface area (Å²) in [5.41, 5.74) is 7.42. The van der Waals surface area contributed by atoms with Crippen LogP contribution in [0.3, 0.4) is 0 Å². The van der Waals surface area contributed by atoms with Crippen molar-refractivity contribution in [2.24, 2.45) is 0 Å². The lowest BCUT2D eigenvalue weighted by atomic mass is 10.0. The first-order valence-electron chi connectivity index (χ1n) is 8.92. The van der Waals surface area contributed by atoms with E-state index < -0.39 is 0 Å². The first-order chi connectivity index (χ1) is 12.9. The third-order valence-electron chi connectivity index (χ3n) is 4.80. The van der Waals surface area contributed by atoms with Crippen LogP contribution in [0.25, 0.3) is 16.6 Å². The van der Waals surface area contributed by atoms with Crippen LogP contribution in [0.5, 0.6) is 0 Å². The van der Waals surface area contributed by atoms with Crippen LogP contribution in [-0.2, 0) is 0 Å². The van der Waals surface area contributed by atoms with Crippen molar-refractivity contribution < 1.29 is 4.79 Å². The van der Waals surface area contributed by atoms with E-state index in [0.717, 1.165) is 27.4 Å². The second-order valence-corrected chi connectivity index (χ2v) is 8.00. The Balaban J connectivity index is 1.73. The highest BCUT2D eigenvalue weighted by atomic mass is 32.2. The number of carbonyl (C=O) groups is 1. The summed E-state index contributed by atoms with van der Waals surface area (Å²) in [6, 6.07) is 14.1. The lowest BCUT2D eigenvalue weighted by Crippen LogP contribution is -2.03. The van der Waals surface area contributed by atoms with Gasteiger partial charge in [-0.2, -0.15) is 0 Å². The molecule has 0 aliphatic rings. The molecule has 2 heterocycles. The Morgan fingerprint density at radius 3 is 2.41 bits per heavy atom. The Hall–Kier alpha value is -2.66. The van der Waals surface area contributed by atoms with E-state index in [1.807, 2.05) is 31.2 Å². The van der Waals surface area contributed by atoms with E-state index >= 15 is 0 Å². The van der Waals surface area contributed by atoms with E-state index in [-0.39, 0.29) is 5.78 Å². The minimum absolute atomic E-state index is 0.0979. The Labute approximate surface area is 162 Å². The molecule has 0 aliphatic heterocycles. The topological polar surface area (TPSA) is 47.3 Å². The molecular formula is C22H21N3OS. The molecule has 0 spiro atoms. The number of hydrogen-bond donors (Lipinski definition) is 0. The molecule has 5 heteroatoms. The van der Waals surface area contributed by atoms with E-state index in [0.29, 0.717) is 5.75 Å². The van der Waals surface area contributed by atoms with Gasteiger partial charge in [-0.3, -0.25) is 9.20 Å². The molecule has 4 aromatic rings. The highest BCUT2D eigenvalue weighted by Gasteiger charge is 2.15. The van der Waals surface area contributed by atoms with E-state index in [4.69, 9.17) is 0 Å². The summed E-state index contributed by atoms with van der Waals surface area (Å²) in [6.45, 7) is 8.34. The SMILES string of the molecule is Cc1ccc(C(=O)CSc2nnc3cc(C)c4cc(C)cc(C)c4n23)cc1. The number of thioether (sulfide) groups is 1. The van der Waals surface area contributed by atoms with Gasteiger partial charge in [0, 0.05) is 10.9 Å². The van der Waals surface area contributed by atoms with Crippen molar-refractivity contribution in [3.8, 4) is 0 Å². The first kappa shape index (κ1) is 17.7. The van der Waals surface area contributed by atoms with Crippen LogP contribution in [0.4, 0.5) is 0 Å². The minimum Gasteiger partial charge on any atom is -0.293 e. The minimum atomic E-state index is 0.0979. The predicted molar refractivity (Wildman–Crippen MR) is 111 cm³/mol. The fraction of sp³-hybridized carbons (Fsp3) is 0.227. The summed E-state index contributed by atoms with van der Waals surface area (Å²) in [7, 11) is 0. The van der Waals surface area contributed by atoms with Crippen molar-refractivity contribution in [3.63, 3.8) is 0 Å². The zero-order chi connectivity index (χ0) is 19.1. The van der Waals surface area contributed by atoms with Gasteiger partial charge in [0.1, 0.15) is 0 Å². The van der Waals surface area contributed by atoms with Crippen LogP contribution >= 0.6 is 11.8 Å². The number of fused-ring (bicyclic) bond motifs is 3. The Kier molecular flexibility index (Phi) is 4.48. The Bertz CT molecular complexity index is 1180. The Morgan fingerprint density at radius 2 is 1.67 bits per heavy atom. The van der Waals surface area contributed by atoms with Gasteiger partial charge in [-0.1, -0.05) is 53.2 Å². The zero-order valence-electron chi connectivity index (χ0n) is 15.9. The number of Topliss-reactive ketones (excluding diaryl/α,β-unsaturated/α-hetero) is 1. The maximum atomic E-state index is 12.5. The third-order valence-corrected chi connectivity index (χ3v) is 5.73. The van der Waals surface area contributed by atoms with E-state index in [9.17, 15) is 4.79 Å². The molecule has 27 heavy (non-hydrogen) atoms. The maximum absolute atomic E-state index is 12.5. The van der Waals surface area contributed by atoms with Crippen molar-refractivity contribution in [1.82, 2.24) is 14.6 Å². The van der Waals surface area contributed by atoms with Crippen molar-refractivity contribution in [1.29, 1.82) is 0 Å².